The molecule has 4 aromatic rings. The van der Waals surface area contributed by atoms with Gasteiger partial charge < -0.3 is 9.84 Å². The highest BCUT2D eigenvalue weighted by atomic mass is 19.1. The van der Waals surface area contributed by atoms with E-state index >= 15 is 0 Å². The monoisotopic (exact) mass is 349 g/mol. The molecule has 0 saturated heterocycles. The molecule has 0 aliphatic carbocycles. The number of nitrogens with zero attached hydrogens (tertiary/aromatic N) is 1. The van der Waals surface area contributed by atoms with Crippen molar-refractivity contribution in [3.05, 3.63) is 84.4 Å². The van der Waals surface area contributed by atoms with E-state index in [1.54, 1.807) is 18.2 Å². The second-order valence-corrected chi connectivity index (χ2v) is 5.74. The van der Waals surface area contributed by atoms with Crippen LogP contribution in [0.2, 0.25) is 0 Å². The van der Waals surface area contributed by atoms with Gasteiger partial charge in [-0.05, 0) is 48.5 Å². The Bertz CT molecular complexity index is 1090. The number of rotatable bonds is 3. The normalized spacial score (nSPS) is 10.8. The molecular weight excluding hydrogens is 336 g/mol. The smallest absolute Gasteiger partial charge is 0.168 e. The number of aromatic hydroxyl groups is 1. The number of halogens is 2. The molecule has 0 saturated carbocycles. The van der Waals surface area contributed by atoms with Crippen LogP contribution in [0.3, 0.4) is 0 Å². The third kappa shape index (κ3) is 3.07. The Balaban J connectivity index is 1.84. The van der Waals surface area contributed by atoms with Crippen LogP contribution in [0.5, 0.6) is 17.2 Å². The van der Waals surface area contributed by atoms with E-state index in [2.05, 4.69) is 4.98 Å². The fraction of sp³-hybridized carbons (Fsp3) is 0. The van der Waals surface area contributed by atoms with Crippen molar-refractivity contribution in [3.8, 4) is 28.5 Å². The van der Waals surface area contributed by atoms with E-state index in [4.69, 9.17) is 4.74 Å². The molecule has 0 aliphatic rings. The molecule has 3 nitrogen and oxygen atoms in total. The summed E-state index contributed by atoms with van der Waals surface area (Å²) in [6.07, 6.45) is 0. The molecule has 4 rings (SSSR count). The summed E-state index contributed by atoms with van der Waals surface area (Å²) in [5.74, 6) is -0.795. The number of aromatic nitrogens is 1. The van der Waals surface area contributed by atoms with Gasteiger partial charge in [0.1, 0.15) is 17.3 Å². The summed E-state index contributed by atoms with van der Waals surface area (Å²) in [6, 6.07) is 18.9. The number of pyridine rings is 1. The molecule has 1 heterocycles. The van der Waals surface area contributed by atoms with Crippen LogP contribution in [0.4, 0.5) is 8.78 Å². The van der Waals surface area contributed by atoms with Gasteiger partial charge in [0.15, 0.2) is 11.6 Å². The van der Waals surface area contributed by atoms with Crippen molar-refractivity contribution in [1.82, 2.24) is 4.98 Å². The van der Waals surface area contributed by atoms with Crippen LogP contribution >= 0.6 is 0 Å². The number of hydrogen-bond acceptors (Lipinski definition) is 3. The highest BCUT2D eigenvalue weighted by Crippen LogP contribution is 2.34. The Morgan fingerprint density at radius 1 is 0.846 bits per heavy atom. The molecule has 5 heteroatoms. The van der Waals surface area contributed by atoms with E-state index < -0.39 is 11.6 Å². The lowest BCUT2D eigenvalue weighted by Crippen LogP contribution is -1.92. The van der Waals surface area contributed by atoms with Crippen molar-refractivity contribution < 1.29 is 18.6 Å². The standard InChI is InChI=1S/C21H13F2NO2/c22-14-7-5-13(6-8-14)19-12-21(16-3-1-2-4-18(16)24-19)26-15-9-10-20(25)17(23)11-15/h1-12,25H. The van der Waals surface area contributed by atoms with Crippen LogP contribution in [-0.4, -0.2) is 10.1 Å². The number of phenols is 1. The highest BCUT2D eigenvalue weighted by Gasteiger charge is 2.11. The molecule has 128 valence electrons. The first-order valence-electron chi connectivity index (χ1n) is 7.92. The molecule has 3 aromatic carbocycles. The van der Waals surface area contributed by atoms with Crippen molar-refractivity contribution in [2.24, 2.45) is 0 Å². The summed E-state index contributed by atoms with van der Waals surface area (Å²) in [7, 11) is 0. The molecule has 0 spiro atoms. The maximum absolute atomic E-state index is 13.6. The molecule has 0 aliphatic heterocycles. The Hall–Kier alpha value is -3.47. The quantitative estimate of drug-likeness (QED) is 0.517. The maximum Gasteiger partial charge on any atom is 0.168 e. The van der Waals surface area contributed by atoms with Crippen molar-refractivity contribution >= 4 is 10.9 Å². The van der Waals surface area contributed by atoms with Gasteiger partial charge in [0, 0.05) is 23.1 Å². The predicted octanol–water partition coefficient (Wildman–Crippen LogP) is 5.68. The Morgan fingerprint density at radius 3 is 2.38 bits per heavy atom. The minimum atomic E-state index is -0.764. The van der Waals surface area contributed by atoms with E-state index in [9.17, 15) is 13.9 Å². The molecule has 1 aromatic heterocycles. The first-order chi connectivity index (χ1) is 12.6. The number of ether oxygens (including phenoxy) is 1. The maximum atomic E-state index is 13.6. The van der Waals surface area contributed by atoms with E-state index in [1.165, 1.54) is 24.3 Å². The SMILES string of the molecule is Oc1ccc(Oc2cc(-c3ccc(F)cc3)nc3ccccc23)cc1F. The average Bonchev–Trinajstić information content (AvgIpc) is 2.65. The summed E-state index contributed by atoms with van der Waals surface area (Å²) < 4.78 is 32.6. The van der Waals surface area contributed by atoms with Crippen molar-refractivity contribution in [2.75, 3.05) is 0 Å². The Morgan fingerprint density at radius 2 is 1.62 bits per heavy atom. The number of hydrogen-bond donors (Lipinski definition) is 1. The summed E-state index contributed by atoms with van der Waals surface area (Å²) in [4.78, 5) is 4.59. The second-order valence-electron chi connectivity index (χ2n) is 5.74. The first-order valence-corrected chi connectivity index (χ1v) is 7.92. The van der Waals surface area contributed by atoms with Crippen molar-refractivity contribution in [1.29, 1.82) is 0 Å². The number of para-hydroxylation sites is 1. The van der Waals surface area contributed by atoms with Gasteiger partial charge >= 0.3 is 0 Å². The molecule has 0 unspecified atom stereocenters. The third-order valence-corrected chi connectivity index (χ3v) is 3.97. The summed E-state index contributed by atoms with van der Waals surface area (Å²) in [5.41, 5.74) is 2.04. The van der Waals surface area contributed by atoms with Gasteiger partial charge in [0.05, 0.1) is 11.2 Å². The van der Waals surface area contributed by atoms with Crippen LogP contribution in [0, 0.1) is 11.6 Å². The molecule has 0 radical (unpaired) electrons. The van der Waals surface area contributed by atoms with Gasteiger partial charge in [0.2, 0.25) is 0 Å². The zero-order valence-electron chi connectivity index (χ0n) is 13.5. The van der Waals surface area contributed by atoms with Crippen LogP contribution in [0.25, 0.3) is 22.2 Å². The van der Waals surface area contributed by atoms with Crippen LogP contribution in [0.1, 0.15) is 0 Å². The lowest BCUT2D eigenvalue weighted by atomic mass is 10.1. The molecule has 0 fully saturated rings. The number of benzene rings is 3. The molecular formula is C21H13F2NO2. The third-order valence-electron chi connectivity index (χ3n) is 3.97. The van der Waals surface area contributed by atoms with Gasteiger partial charge in [-0.25, -0.2) is 13.8 Å². The zero-order chi connectivity index (χ0) is 18.1. The Kier molecular flexibility index (Phi) is 3.97. The molecule has 0 amide bonds. The fourth-order valence-corrected chi connectivity index (χ4v) is 2.67. The second kappa shape index (κ2) is 6.44. The largest absolute Gasteiger partial charge is 0.505 e. The van der Waals surface area contributed by atoms with Gasteiger partial charge in [-0.3, -0.25) is 0 Å². The molecule has 26 heavy (non-hydrogen) atoms. The summed E-state index contributed by atoms with van der Waals surface area (Å²) >= 11 is 0. The van der Waals surface area contributed by atoms with Gasteiger partial charge in [-0.15, -0.1) is 0 Å². The Labute approximate surface area is 148 Å². The first kappa shape index (κ1) is 16.0. The predicted molar refractivity (Wildman–Crippen MR) is 95.3 cm³/mol. The number of fused-ring (bicyclic) bond motifs is 1. The zero-order valence-corrected chi connectivity index (χ0v) is 13.5. The minimum absolute atomic E-state index is 0.252. The van der Waals surface area contributed by atoms with E-state index in [0.29, 0.717) is 17.0 Å². The topological polar surface area (TPSA) is 42.4 Å². The molecule has 0 atom stereocenters. The van der Waals surface area contributed by atoms with Gasteiger partial charge in [-0.2, -0.15) is 0 Å². The summed E-state index contributed by atoms with van der Waals surface area (Å²) in [6.45, 7) is 0. The number of phenolic OH excluding ortho intramolecular Hbond substituents is 1. The van der Waals surface area contributed by atoms with Crippen LogP contribution in [0.15, 0.2) is 72.8 Å². The van der Waals surface area contributed by atoms with Gasteiger partial charge in [0.25, 0.3) is 0 Å². The van der Waals surface area contributed by atoms with Crippen molar-refractivity contribution in [3.63, 3.8) is 0 Å². The van der Waals surface area contributed by atoms with Crippen LogP contribution in [-0.2, 0) is 0 Å². The lowest BCUT2D eigenvalue weighted by molar-refractivity contribution is 0.424. The highest BCUT2D eigenvalue weighted by molar-refractivity contribution is 5.88. The van der Waals surface area contributed by atoms with Gasteiger partial charge in [-0.1, -0.05) is 12.1 Å². The van der Waals surface area contributed by atoms with Crippen molar-refractivity contribution in [2.45, 2.75) is 0 Å². The lowest BCUT2D eigenvalue weighted by Gasteiger charge is -2.12. The fourth-order valence-electron chi connectivity index (χ4n) is 2.67. The van der Waals surface area contributed by atoms with E-state index in [1.807, 2.05) is 24.3 Å². The average molecular weight is 349 g/mol. The van der Waals surface area contributed by atoms with E-state index in [-0.39, 0.29) is 11.6 Å². The molecule has 1 N–H and O–H groups in total. The van der Waals surface area contributed by atoms with Crippen LogP contribution < -0.4 is 4.74 Å². The summed E-state index contributed by atoms with van der Waals surface area (Å²) in [5, 5.41) is 10.1. The van der Waals surface area contributed by atoms with E-state index in [0.717, 1.165) is 17.0 Å². The minimum Gasteiger partial charge on any atom is -0.505 e. The molecule has 0 bridgehead atoms.